The number of nitrogens with one attached hydrogen (secondary N) is 1. The number of rotatable bonds is 10. The molecule has 0 radical (unpaired) electrons. The standard InChI is InChI=1S/C17H27N3/c1-5-10-20(11-6-2)14-17-9-7-8-16(19-17)13-18-12-15(3)4/h5-9,15,18H,1-2,10-14H2,3-4H3. The number of aromatic nitrogens is 1. The van der Waals surface area contributed by atoms with Crippen LogP contribution in [0.25, 0.3) is 0 Å². The van der Waals surface area contributed by atoms with Crippen molar-refractivity contribution in [2.24, 2.45) is 5.92 Å². The summed E-state index contributed by atoms with van der Waals surface area (Å²) < 4.78 is 0. The topological polar surface area (TPSA) is 28.2 Å². The summed E-state index contributed by atoms with van der Waals surface area (Å²) in [5.41, 5.74) is 2.19. The summed E-state index contributed by atoms with van der Waals surface area (Å²) in [6.07, 6.45) is 3.83. The van der Waals surface area contributed by atoms with Crippen LogP contribution in [0.1, 0.15) is 25.2 Å². The van der Waals surface area contributed by atoms with Gasteiger partial charge >= 0.3 is 0 Å². The summed E-state index contributed by atoms with van der Waals surface area (Å²) in [5, 5.41) is 3.42. The molecule has 3 nitrogen and oxygen atoms in total. The molecule has 1 aromatic heterocycles. The van der Waals surface area contributed by atoms with Crippen molar-refractivity contribution in [1.29, 1.82) is 0 Å². The Morgan fingerprint density at radius 2 is 1.85 bits per heavy atom. The van der Waals surface area contributed by atoms with Crippen LogP contribution in [0, 0.1) is 5.92 Å². The van der Waals surface area contributed by atoms with Gasteiger partial charge in [0.05, 0.1) is 11.4 Å². The Labute approximate surface area is 123 Å². The second-order valence-corrected chi connectivity index (χ2v) is 5.42. The number of hydrogen-bond acceptors (Lipinski definition) is 3. The van der Waals surface area contributed by atoms with E-state index >= 15 is 0 Å². The van der Waals surface area contributed by atoms with Crippen molar-refractivity contribution in [3.05, 3.63) is 54.9 Å². The highest BCUT2D eigenvalue weighted by Gasteiger charge is 2.04. The Balaban J connectivity index is 2.57. The fraction of sp³-hybridized carbons (Fsp3) is 0.471. The Morgan fingerprint density at radius 1 is 1.20 bits per heavy atom. The summed E-state index contributed by atoms with van der Waals surface area (Å²) in [6, 6.07) is 6.22. The third kappa shape index (κ3) is 6.64. The van der Waals surface area contributed by atoms with Gasteiger partial charge in [-0.1, -0.05) is 32.1 Å². The maximum atomic E-state index is 4.70. The van der Waals surface area contributed by atoms with Crippen molar-refractivity contribution in [3.8, 4) is 0 Å². The van der Waals surface area contributed by atoms with Gasteiger partial charge in [-0.15, -0.1) is 13.2 Å². The molecule has 0 unspecified atom stereocenters. The van der Waals surface area contributed by atoms with E-state index in [4.69, 9.17) is 4.98 Å². The molecule has 0 aliphatic rings. The van der Waals surface area contributed by atoms with Gasteiger partial charge < -0.3 is 5.32 Å². The summed E-state index contributed by atoms with van der Waals surface area (Å²) >= 11 is 0. The lowest BCUT2D eigenvalue weighted by Gasteiger charge is -2.18. The largest absolute Gasteiger partial charge is 0.311 e. The van der Waals surface area contributed by atoms with Crippen LogP contribution in [0.4, 0.5) is 0 Å². The van der Waals surface area contributed by atoms with Gasteiger partial charge in [0.15, 0.2) is 0 Å². The van der Waals surface area contributed by atoms with Crippen molar-refractivity contribution < 1.29 is 0 Å². The van der Waals surface area contributed by atoms with E-state index < -0.39 is 0 Å². The summed E-state index contributed by atoms with van der Waals surface area (Å²) in [4.78, 5) is 6.96. The zero-order valence-corrected chi connectivity index (χ0v) is 12.8. The molecule has 0 atom stereocenters. The summed E-state index contributed by atoms with van der Waals surface area (Å²) in [5.74, 6) is 0.661. The molecule has 1 heterocycles. The van der Waals surface area contributed by atoms with Gasteiger partial charge in [0.1, 0.15) is 0 Å². The minimum atomic E-state index is 0.661. The lowest BCUT2D eigenvalue weighted by Crippen LogP contribution is -2.24. The van der Waals surface area contributed by atoms with E-state index in [2.05, 4.69) is 55.4 Å². The molecule has 0 amide bonds. The highest BCUT2D eigenvalue weighted by molar-refractivity contribution is 5.11. The molecule has 0 bridgehead atoms. The molecular weight excluding hydrogens is 246 g/mol. The average molecular weight is 273 g/mol. The predicted molar refractivity (Wildman–Crippen MR) is 86.5 cm³/mol. The highest BCUT2D eigenvalue weighted by Crippen LogP contribution is 2.04. The predicted octanol–water partition coefficient (Wildman–Crippen LogP) is 3.00. The van der Waals surface area contributed by atoms with Crippen LogP contribution in [0.2, 0.25) is 0 Å². The zero-order chi connectivity index (χ0) is 14.8. The van der Waals surface area contributed by atoms with E-state index in [9.17, 15) is 0 Å². The molecule has 1 N–H and O–H groups in total. The normalized spacial score (nSPS) is 11.0. The zero-order valence-electron chi connectivity index (χ0n) is 12.8. The van der Waals surface area contributed by atoms with Crippen molar-refractivity contribution in [1.82, 2.24) is 15.2 Å². The van der Waals surface area contributed by atoms with Crippen LogP contribution in [0.15, 0.2) is 43.5 Å². The maximum absolute atomic E-state index is 4.70. The number of pyridine rings is 1. The molecule has 0 saturated carbocycles. The van der Waals surface area contributed by atoms with E-state index in [-0.39, 0.29) is 0 Å². The molecule has 0 spiro atoms. The first-order chi connectivity index (χ1) is 9.65. The van der Waals surface area contributed by atoms with E-state index in [1.165, 1.54) is 0 Å². The van der Waals surface area contributed by atoms with Gasteiger partial charge in [0, 0.05) is 26.2 Å². The molecule has 0 aromatic carbocycles. The molecule has 1 rings (SSSR count). The third-order valence-corrected chi connectivity index (χ3v) is 2.88. The molecular formula is C17H27N3. The molecule has 0 fully saturated rings. The van der Waals surface area contributed by atoms with E-state index in [1.807, 2.05) is 12.2 Å². The van der Waals surface area contributed by atoms with Crippen LogP contribution in [0.5, 0.6) is 0 Å². The molecule has 0 aliphatic heterocycles. The Hall–Kier alpha value is -1.45. The molecule has 0 aliphatic carbocycles. The quantitative estimate of drug-likeness (QED) is 0.664. The third-order valence-electron chi connectivity index (χ3n) is 2.88. The molecule has 110 valence electrons. The van der Waals surface area contributed by atoms with Gasteiger partial charge in [0.25, 0.3) is 0 Å². The Bertz CT molecular complexity index is 402. The van der Waals surface area contributed by atoms with Crippen LogP contribution in [-0.4, -0.2) is 29.5 Å². The molecule has 20 heavy (non-hydrogen) atoms. The molecule has 3 heteroatoms. The van der Waals surface area contributed by atoms with Gasteiger partial charge in [-0.2, -0.15) is 0 Å². The SMILES string of the molecule is C=CCN(CC=C)Cc1cccc(CNCC(C)C)n1. The fourth-order valence-electron chi connectivity index (χ4n) is 2.00. The minimum Gasteiger partial charge on any atom is -0.311 e. The van der Waals surface area contributed by atoms with Crippen molar-refractivity contribution in [2.75, 3.05) is 19.6 Å². The van der Waals surface area contributed by atoms with Crippen LogP contribution in [-0.2, 0) is 13.1 Å². The minimum absolute atomic E-state index is 0.661. The molecule has 1 aromatic rings. The summed E-state index contributed by atoms with van der Waals surface area (Å²) in [6.45, 7) is 16.4. The van der Waals surface area contributed by atoms with E-state index in [1.54, 1.807) is 0 Å². The van der Waals surface area contributed by atoms with E-state index in [0.717, 1.165) is 44.1 Å². The van der Waals surface area contributed by atoms with Gasteiger partial charge in [-0.05, 0) is 24.6 Å². The highest BCUT2D eigenvalue weighted by atomic mass is 15.1. The van der Waals surface area contributed by atoms with Crippen LogP contribution >= 0.6 is 0 Å². The molecule has 0 saturated heterocycles. The van der Waals surface area contributed by atoms with Crippen molar-refractivity contribution in [3.63, 3.8) is 0 Å². The van der Waals surface area contributed by atoms with Gasteiger partial charge in [-0.3, -0.25) is 9.88 Å². The average Bonchev–Trinajstić information content (AvgIpc) is 2.39. The Morgan fingerprint density at radius 3 is 2.45 bits per heavy atom. The van der Waals surface area contributed by atoms with Crippen LogP contribution in [0.3, 0.4) is 0 Å². The second-order valence-electron chi connectivity index (χ2n) is 5.42. The lowest BCUT2D eigenvalue weighted by atomic mass is 10.2. The van der Waals surface area contributed by atoms with Gasteiger partial charge in [-0.25, -0.2) is 0 Å². The number of hydrogen-bond donors (Lipinski definition) is 1. The smallest absolute Gasteiger partial charge is 0.0548 e. The van der Waals surface area contributed by atoms with Gasteiger partial charge in [0.2, 0.25) is 0 Å². The first-order valence-electron chi connectivity index (χ1n) is 7.25. The maximum Gasteiger partial charge on any atom is 0.0548 e. The summed E-state index contributed by atoms with van der Waals surface area (Å²) in [7, 11) is 0. The van der Waals surface area contributed by atoms with Crippen LogP contribution < -0.4 is 5.32 Å². The monoisotopic (exact) mass is 273 g/mol. The lowest BCUT2D eigenvalue weighted by molar-refractivity contribution is 0.323. The Kier molecular flexibility index (Phi) is 7.85. The van der Waals surface area contributed by atoms with Crippen molar-refractivity contribution in [2.45, 2.75) is 26.9 Å². The van der Waals surface area contributed by atoms with E-state index in [0.29, 0.717) is 5.92 Å². The van der Waals surface area contributed by atoms with Crippen molar-refractivity contribution >= 4 is 0 Å². The first kappa shape index (κ1) is 16.6. The second kappa shape index (κ2) is 9.45. The number of nitrogens with zero attached hydrogens (tertiary/aromatic N) is 2. The first-order valence-corrected chi connectivity index (χ1v) is 7.25. The fourth-order valence-corrected chi connectivity index (χ4v) is 2.00.